The van der Waals surface area contributed by atoms with Gasteiger partial charge in [-0.3, -0.25) is 4.79 Å². The van der Waals surface area contributed by atoms with Crippen LogP contribution in [0.25, 0.3) is 0 Å². The van der Waals surface area contributed by atoms with Crippen molar-refractivity contribution in [2.75, 3.05) is 0 Å². The van der Waals surface area contributed by atoms with Gasteiger partial charge in [-0.1, -0.05) is 0 Å². The van der Waals surface area contributed by atoms with Crippen molar-refractivity contribution in [2.45, 2.75) is 40.8 Å². The molecule has 0 aliphatic rings. The van der Waals surface area contributed by atoms with E-state index in [0.29, 0.717) is 18.6 Å². The summed E-state index contributed by atoms with van der Waals surface area (Å²) in [6.45, 7) is 0.936. The first-order valence-corrected chi connectivity index (χ1v) is 7.84. The van der Waals surface area contributed by atoms with Crippen molar-refractivity contribution < 1.29 is 58.2 Å². The molecule has 2 N–H and O–H groups in total. The van der Waals surface area contributed by atoms with Gasteiger partial charge in [-0.25, -0.2) is 13.2 Å². The van der Waals surface area contributed by atoms with Crippen LogP contribution in [0.5, 0.6) is 0 Å². The van der Waals surface area contributed by atoms with Gasteiger partial charge in [-0.2, -0.15) is 39.8 Å². The van der Waals surface area contributed by atoms with Crippen LogP contribution in [-0.4, -0.2) is 46.4 Å². The Balaban J connectivity index is 5.83. The Morgan fingerprint density at radius 3 is 1.67 bits per heavy atom. The number of sulfonamides is 1. The number of alkyl halides is 9. The molecule has 0 bridgehead atoms. The topological polar surface area (TPSA) is 92.7 Å². The molecule has 0 heterocycles. The molecule has 0 aromatic rings. The third kappa shape index (κ3) is 4.57. The van der Waals surface area contributed by atoms with Crippen LogP contribution in [0.1, 0.15) is 13.8 Å². The van der Waals surface area contributed by atoms with Gasteiger partial charge >= 0.3 is 27.4 Å². The van der Waals surface area contributed by atoms with E-state index in [-0.39, 0.29) is 0 Å². The van der Waals surface area contributed by atoms with Gasteiger partial charge in [0.2, 0.25) is 0 Å². The maximum Gasteiger partial charge on any atom is 0.448 e. The number of nitrogens with one attached hydrogen (secondary N) is 1. The highest BCUT2D eigenvalue weighted by molar-refractivity contribution is 14.1. The van der Waals surface area contributed by atoms with Gasteiger partial charge in [0.25, 0.3) is 10.0 Å². The third-order valence-corrected chi connectivity index (χ3v) is 4.51. The predicted octanol–water partition coefficient (Wildman–Crippen LogP) is 2.59. The second kappa shape index (κ2) is 6.35. The van der Waals surface area contributed by atoms with Crippen molar-refractivity contribution >= 4 is 38.6 Å². The van der Waals surface area contributed by atoms with Gasteiger partial charge in [0.15, 0.2) is 0 Å². The molecular weight excluding hydrogens is 501 g/mol. The quantitative estimate of drug-likeness (QED) is 0.298. The molecule has 0 amide bonds. The lowest BCUT2D eigenvalue weighted by Crippen LogP contribution is -2.61. The largest absolute Gasteiger partial charge is 0.480 e. The standard InChI is InChI=1S/C8H8F8INO5S/c1-4(2,3(19)20)18-24(21,22)8(15,16)7(13,14)23-6(11,12)5(9,10)17/h18H,1-2H3,(H,19,20). The predicted molar refractivity (Wildman–Crippen MR) is 68.7 cm³/mol. The summed E-state index contributed by atoms with van der Waals surface area (Å²) in [5.41, 5.74) is -2.76. The second-order valence-electron chi connectivity index (χ2n) is 4.69. The van der Waals surface area contributed by atoms with Gasteiger partial charge in [-0.05, 0) is 13.8 Å². The van der Waals surface area contributed by atoms with Crippen molar-refractivity contribution in [1.82, 2.24) is 4.72 Å². The number of hydrogen-bond acceptors (Lipinski definition) is 4. The maximum absolute atomic E-state index is 13.4. The van der Waals surface area contributed by atoms with Crippen LogP contribution in [0.15, 0.2) is 0 Å². The van der Waals surface area contributed by atoms with E-state index in [0.717, 1.165) is 0 Å². The van der Waals surface area contributed by atoms with E-state index in [9.17, 15) is 48.3 Å². The van der Waals surface area contributed by atoms with Crippen molar-refractivity contribution in [3.05, 3.63) is 0 Å². The number of carbonyl (C=O) groups is 1. The molecule has 0 saturated carbocycles. The molecule has 0 atom stereocenters. The highest BCUT2D eigenvalue weighted by atomic mass is 127. The van der Waals surface area contributed by atoms with Gasteiger partial charge in [-0.15, -0.1) is 0 Å². The molecular formula is C8H8F8INO5S. The van der Waals surface area contributed by atoms with Crippen molar-refractivity contribution in [3.8, 4) is 0 Å². The molecule has 0 aliphatic heterocycles. The summed E-state index contributed by atoms with van der Waals surface area (Å²) in [6, 6.07) is 0. The van der Waals surface area contributed by atoms with Crippen LogP contribution in [0.2, 0.25) is 0 Å². The first kappa shape index (κ1) is 23.5. The zero-order valence-electron chi connectivity index (χ0n) is 11.4. The molecule has 6 nitrogen and oxygen atoms in total. The molecule has 0 aliphatic carbocycles. The van der Waals surface area contributed by atoms with E-state index in [1.807, 2.05) is 0 Å². The molecule has 16 heteroatoms. The molecule has 0 spiro atoms. The number of rotatable bonds is 8. The minimum absolute atomic E-state index is 0.390. The molecule has 0 aromatic heterocycles. The van der Waals surface area contributed by atoms with Gasteiger partial charge in [0, 0.05) is 22.6 Å². The van der Waals surface area contributed by atoms with E-state index >= 15 is 0 Å². The van der Waals surface area contributed by atoms with E-state index in [4.69, 9.17) is 5.11 Å². The van der Waals surface area contributed by atoms with E-state index in [1.165, 1.54) is 0 Å². The lowest BCUT2D eigenvalue weighted by atomic mass is 10.1. The van der Waals surface area contributed by atoms with Crippen LogP contribution >= 0.6 is 22.6 Å². The SMILES string of the molecule is CC(C)(NS(=O)(=O)C(F)(F)C(F)(F)OC(F)(F)C(F)(F)I)C(=O)O. The lowest BCUT2D eigenvalue weighted by Gasteiger charge is -2.32. The highest BCUT2D eigenvalue weighted by Gasteiger charge is 2.74. The Labute approximate surface area is 142 Å². The number of hydrogen-bond donors (Lipinski definition) is 2. The summed E-state index contributed by atoms with van der Waals surface area (Å²) >= 11 is -0.390. The second-order valence-corrected chi connectivity index (χ2v) is 7.76. The third-order valence-electron chi connectivity index (χ3n) is 2.19. The Bertz CT molecular complexity index is 602. The maximum atomic E-state index is 13.4. The first-order valence-electron chi connectivity index (χ1n) is 5.28. The molecule has 0 radical (unpaired) electrons. The van der Waals surface area contributed by atoms with Crippen molar-refractivity contribution in [1.29, 1.82) is 0 Å². The molecule has 0 saturated heterocycles. The van der Waals surface area contributed by atoms with Crippen molar-refractivity contribution in [3.63, 3.8) is 0 Å². The zero-order valence-corrected chi connectivity index (χ0v) is 14.4. The van der Waals surface area contributed by atoms with E-state index < -0.39 is 65.5 Å². The van der Waals surface area contributed by atoms with Crippen molar-refractivity contribution in [2.24, 2.45) is 0 Å². The van der Waals surface area contributed by atoms with Crippen LogP contribution in [0, 0.1) is 0 Å². The number of carboxylic acids is 1. The van der Waals surface area contributed by atoms with E-state index in [1.54, 1.807) is 0 Å². The summed E-state index contributed by atoms with van der Waals surface area (Å²) in [5, 5.41) is 2.04. The average molecular weight is 509 g/mol. The Morgan fingerprint density at radius 1 is 1.00 bits per heavy atom. The fourth-order valence-electron chi connectivity index (χ4n) is 0.878. The molecule has 0 unspecified atom stereocenters. The number of carboxylic acid groups (broad SMARTS) is 1. The zero-order chi connectivity index (χ0) is 20.0. The Kier molecular flexibility index (Phi) is 6.22. The van der Waals surface area contributed by atoms with Crippen LogP contribution in [0.3, 0.4) is 0 Å². The molecule has 144 valence electrons. The number of ether oxygens (including phenoxy) is 1. The van der Waals surface area contributed by atoms with Crippen LogP contribution < -0.4 is 4.72 Å². The van der Waals surface area contributed by atoms with Crippen LogP contribution in [-0.2, 0) is 19.6 Å². The average Bonchev–Trinajstić information content (AvgIpc) is 2.23. The van der Waals surface area contributed by atoms with Gasteiger partial charge in [0.05, 0.1) is 0 Å². The highest BCUT2D eigenvalue weighted by Crippen LogP contribution is 2.48. The molecule has 0 rings (SSSR count). The van der Waals surface area contributed by atoms with E-state index in [2.05, 4.69) is 4.74 Å². The summed E-state index contributed by atoms with van der Waals surface area (Å²) in [6.07, 6.45) is -12.8. The monoisotopic (exact) mass is 509 g/mol. The fourth-order valence-corrected chi connectivity index (χ4v) is 2.23. The molecule has 0 aromatic carbocycles. The summed E-state index contributed by atoms with van der Waals surface area (Å²) in [7, 11) is -6.66. The summed E-state index contributed by atoms with van der Waals surface area (Å²) in [4.78, 5) is 10.6. The molecule has 24 heavy (non-hydrogen) atoms. The minimum Gasteiger partial charge on any atom is -0.480 e. The number of aliphatic carboxylic acids is 1. The fraction of sp³-hybridized carbons (Fsp3) is 0.875. The minimum atomic E-state index is -6.66. The summed E-state index contributed by atoms with van der Waals surface area (Å²) < 4.78 is 123. The first-order chi connectivity index (χ1) is 10.1. The lowest BCUT2D eigenvalue weighted by molar-refractivity contribution is -0.438. The summed E-state index contributed by atoms with van der Waals surface area (Å²) in [5.74, 6) is -2.09. The Morgan fingerprint density at radius 2 is 1.38 bits per heavy atom. The van der Waals surface area contributed by atoms with Gasteiger partial charge in [0.1, 0.15) is 5.54 Å². The van der Waals surface area contributed by atoms with Crippen LogP contribution in [0.4, 0.5) is 35.1 Å². The molecule has 0 fully saturated rings. The number of halogens is 9. The normalized spacial score (nSPS) is 15.5. The Hall–Kier alpha value is -0.490. The van der Waals surface area contributed by atoms with Gasteiger partial charge < -0.3 is 5.11 Å². The smallest absolute Gasteiger partial charge is 0.448 e.